The Morgan fingerprint density at radius 1 is 1.04 bits per heavy atom. The van der Waals surface area contributed by atoms with Crippen LogP contribution >= 0.6 is 0 Å². The number of hydrogen-bond acceptors (Lipinski definition) is 3. The highest BCUT2D eigenvalue weighted by Crippen LogP contribution is 2.68. The molecule has 0 spiro atoms. The lowest BCUT2D eigenvalue weighted by Crippen LogP contribution is -2.54. The molecule has 4 aliphatic carbocycles. The number of carbonyl (C=O) groups excluding carboxylic acids is 2. The van der Waals surface area contributed by atoms with Gasteiger partial charge in [0.25, 0.3) is 0 Å². The van der Waals surface area contributed by atoms with Crippen molar-refractivity contribution in [3.63, 3.8) is 0 Å². The van der Waals surface area contributed by atoms with E-state index in [0.717, 1.165) is 18.3 Å². The summed E-state index contributed by atoms with van der Waals surface area (Å²) in [5.41, 5.74) is 1.54. The first kappa shape index (κ1) is 17.0. The van der Waals surface area contributed by atoms with E-state index in [4.69, 9.17) is 4.74 Å². The topological polar surface area (TPSA) is 43.4 Å². The Kier molecular flexibility index (Phi) is 3.89. The maximum atomic E-state index is 12.4. The molecule has 4 saturated carbocycles. The largest absolute Gasteiger partial charge is 0.458 e. The van der Waals surface area contributed by atoms with E-state index in [-0.39, 0.29) is 11.4 Å². The van der Waals surface area contributed by atoms with Gasteiger partial charge >= 0.3 is 5.97 Å². The van der Waals surface area contributed by atoms with Crippen molar-refractivity contribution in [2.45, 2.75) is 71.1 Å². The lowest BCUT2D eigenvalue weighted by atomic mass is 9.44. The molecule has 0 N–H and O–H groups in total. The molecule has 0 amide bonds. The van der Waals surface area contributed by atoms with Crippen molar-refractivity contribution >= 4 is 12.3 Å². The first-order valence-corrected chi connectivity index (χ1v) is 10.9. The van der Waals surface area contributed by atoms with E-state index in [1.807, 2.05) is 0 Å². The van der Waals surface area contributed by atoms with Gasteiger partial charge in [-0.25, -0.2) is 4.79 Å². The molecule has 7 atom stereocenters. The molecule has 4 fully saturated rings. The minimum absolute atomic E-state index is 0.00765. The zero-order valence-electron chi connectivity index (χ0n) is 16.0. The third-order valence-corrected chi connectivity index (χ3v) is 9.50. The summed E-state index contributed by atoms with van der Waals surface area (Å²) in [6.45, 7) is 3.00. The van der Waals surface area contributed by atoms with Crippen LogP contribution in [0.25, 0.3) is 0 Å². The highest BCUT2D eigenvalue weighted by atomic mass is 16.5. The number of cyclic esters (lactones) is 1. The molecule has 0 aromatic heterocycles. The lowest BCUT2D eigenvalue weighted by molar-refractivity contribution is -0.146. The van der Waals surface area contributed by atoms with Crippen LogP contribution in [-0.4, -0.2) is 18.9 Å². The fourth-order valence-corrected chi connectivity index (χ4v) is 8.39. The zero-order chi connectivity index (χ0) is 17.9. The molecule has 26 heavy (non-hydrogen) atoms. The molecule has 3 nitrogen and oxygen atoms in total. The Morgan fingerprint density at radius 2 is 1.92 bits per heavy atom. The van der Waals surface area contributed by atoms with Crippen LogP contribution in [0.15, 0.2) is 11.6 Å². The molecule has 1 aliphatic heterocycles. The van der Waals surface area contributed by atoms with E-state index in [2.05, 4.69) is 6.92 Å². The van der Waals surface area contributed by atoms with Gasteiger partial charge in [0.2, 0.25) is 0 Å². The van der Waals surface area contributed by atoms with Crippen molar-refractivity contribution in [1.82, 2.24) is 0 Å². The van der Waals surface area contributed by atoms with Gasteiger partial charge in [0, 0.05) is 11.5 Å². The van der Waals surface area contributed by atoms with Gasteiger partial charge < -0.3 is 9.53 Å². The molecular weight excluding hydrogens is 324 g/mol. The van der Waals surface area contributed by atoms with Gasteiger partial charge in [-0.3, -0.25) is 0 Å². The number of ether oxygens (including phenoxy) is 1. The van der Waals surface area contributed by atoms with Crippen LogP contribution in [0, 0.1) is 40.4 Å². The summed E-state index contributed by atoms with van der Waals surface area (Å²) in [4.78, 5) is 24.0. The van der Waals surface area contributed by atoms with E-state index >= 15 is 0 Å². The molecule has 3 heteroatoms. The number of esters is 1. The van der Waals surface area contributed by atoms with Gasteiger partial charge in [0.05, 0.1) is 0 Å². The third kappa shape index (κ3) is 2.18. The number of carbonyl (C=O) groups is 2. The monoisotopic (exact) mass is 356 g/mol. The molecule has 0 aromatic rings. The fourth-order valence-electron chi connectivity index (χ4n) is 8.39. The van der Waals surface area contributed by atoms with E-state index in [9.17, 15) is 9.59 Å². The number of aldehydes is 1. The highest BCUT2D eigenvalue weighted by molar-refractivity contribution is 5.85. The van der Waals surface area contributed by atoms with Crippen LogP contribution in [-0.2, 0) is 14.3 Å². The van der Waals surface area contributed by atoms with Gasteiger partial charge in [-0.15, -0.1) is 0 Å². The van der Waals surface area contributed by atoms with Crippen LogP contribution in [0.1, 0.15) is 71.1 Å². The number of hydrogen-bond donors (Lipinski definition) is 0. The second-order valence-electron chi connectivity index (χ2n) is 10.1. The number of rotatable bonds is 2. The van der Waals surface area contributed by atoms with Crippen LogP contribution < -0.4 is 0 Å². The maximum Gasteiger partial charge on any atom is 0.331 e. The summed E-state index contributed by atoms with van der Waals surface area (Å²) in [6.07, 6.45) is 15.7. The molecule has 0 radical (unpaired) electrons. The van der Waals surface area contributed by atoms with Gasteiger partial charge in [-0.05, 0) is 91.9 Å². The Labute approximate surface area is 156 Å². The SMILES string of the molecule is C[C@]12CC[C@H]3[C@@H](CCC4CCCC[C@@]43C=O)[C@H]1CC[C@@H]2C1=CC(=O)OC1. The van der Waals surface area contributed by atoms with Crippen molar-refractivity contribution in [3.05, 3.63) is 11.6 Å². The number of fused-ring (bicyclic) bond motifs is 5. The summed E-state index contributed by atoms with van der Waals surface area (Å²) in [6, 6.07) is 0. The molecule has 1 unspecified atom stereocenters. The average molecular weight is 357 g/mol. The standard InChI is InChI=1S/C23H32O3/c1-22-11-9-20-17(6-5-16-4-2-3-10-23(16,20)14-24)19(22)8-7-18(22)15-12-21(25)26-13-15/h12,14,16-20H,2-11,13H2,1H3/t16?,17-,18+,19+,20-,22+,23+/m0/s1. The summed E-state index contributed by atoms with van der Waals surface area (Å²) in [5.74, 6) is 3.07. The summed E-state index contributed by atoms with van der Waals surface area (Å²) >= 11 is 0. The van der Waals surface area contributed by atoms with Gasteiger partial charge in [-0.2, -0.15) is 0 Å². The highest BCUT2D eigenvalue weighted by Gasteiger charge is 2.61. The second kappa shape index (κ2) is 5.94. The Balaban J connectivity index is 1.45. The average Bonchev–Trinajstić information content (AvgIpc) is 3.23. The molecule has 0 saturated heterocycles. The Morgan fingerprint density at radius 3 is 2.69 bits per heavy atom. The van der Waals surface area contributed by atoms with Crippen molar-refractivity contribution in [1.29, 1.82) is 0 Å². The van der Waals surface area contributed by atoms with Crippen molar-refractivity contribution in [2.75, 3.05) is 6.61 Å². The molecule has 5 rings (SSSR count). The van der Waals surface area contributed by atoms with Crippen LogP contribution in [0.3, 0.4) is 0 Å². The first-order valence-electron chi connectivity index (χ1n) is 10.9. The van der Waals surface area contributed by atoms with Gasteiger partial charge in [0.1, 0.15) is 12.9 Å². The summed E-state index contributed by atoms with van der Waals surface area (Å²) < 4.78 is 5.24. The molecule has 5 aliphatic rings. The van der Waals surface area contributed by atoms with Gasteiger partial charge in [-0.1, -0.05) is 19.8 Å². The van der Waals surface area contributed by atoms with E-state index < -0.39 is 0 Å². The van der Waals surface area contributed by atoms with Crippen molar-refractivity contribution in [2.24, 2.45) is 40.4 Å². The first-order chi connectivity index (χ1) is 12.6. The summed E-state index contributed by atoms with van der Waals surface area (Å²) in [5, 5.41) is 0. The van der Waals surface area contributed by atoms with Crippen molar-refractivity contribution < 1.29 is 14.3 Å². The smallest absolute Gasteiger partial charge is 0.331 e. The normalized spacial score (nSPS) is 50.3. The molecule has 1 heterocycles. The van der Waals surface area contributed by atoms with Crippen LogP contribution in [0.5, 0.6) is 0 Å². The second-order valence-corrected chi connectivity index (χ2v) is 10.1. The lowest BCUT2D eigenvalue weighted by Gasteiger charge is -2.59. The molecule has 0 bridgehead atoms. The zero-order valence-corrected chi connectivity index (χ0v) is 16.0. The third-order valence-electron chi connectivity index (χ3n) is 9.50. The summed E-state index contributed by atoms with van der Waals surface area (Å²) in [7, 11) is 0. The molecule has 0 aromatic carbocycles. The molecule has 142 valence electrons. The van der Waals surface area contributed by atoms with Gasteiger partial charge in [0.15, 0.2) is 0 Å². The minimum Gasteiger partial charge on any atom is -0.458 e. The predicted molar refractivity (Wildman–Crippen MR) is 99.3 cm³/mol. The Hall–Kier alpha value is -1.12. The maximum absolute atomic E-state index is 12.4. The van der Waals surface area contributed by atoms with E-state index in [1.165, 1.54) is 69.6 Å². The van der Waals surface area contributed by atoms with Crippen LogP contribution in [0.4, 0.5) is 0 Å². The minimum atomic E-state index is -0.150. The molecular formula is C23H32O3. The Bertz CT molecular complexity index is 652. The van der Waals surface area contributed by atoms with Crippen LogP contribution in [0.2, 0.25) is 0 Å². The van der Waals surface area contributed by atoms with E-state index in [0.29, 0.717) is 29.8 Å². The predicted octanol–water partition coefficient (Wildman–Crippen LogP) is 4.70. The fraction of sp³-hybridized carbons (Fsp3) is 0.826. The quantitative estimate of drug-likeness (QED) is 0.532. The van der Waals surface area contributed by atoms with E-state index in [1.54, 1.807) is 6.08 Å². The van der Waals surface area contributed by atoms with Crippen molar-refractivity contribution in [3.8, 4) is 0 Å².